The van der Waals surface area contributed by atoms with Gasteiger partial charge in [0.2, 0.25) is 0 Å². The maximum Gasteiger partial charge on any atom is 0.178 e. The molecule has 2 rings (SSSR count). The normalized spacial score (nSPS) is 11.6. The summed E-state index contributed by atoms with van der Waals surface area (Å²) >= 11 is 0. The molecule has 0 aliphatic heterocycles. The van der Waals surface area contributed by atoms with Crippen molar-refractivity contribution in [2.45, 2.75) is 13.8 Å². The summed E-state index contributed by atoms with van der Waals surface area (Å²) in [6, 6.07) is 3.46. The van der Waals surface area contributed by atoms with Gasteiger partial charge >= 0.3 is 0 Å². The molecule has 0 amide bonds. The van der Waals surface area contributed by atoms with Crippen LogP contribution in [0, 0.1) is 6.92 Å². The van der Waals surface area contributed by atoms with Crippen LogP contribution in [0.15, 0.2) is 22.7 Å². The van der Waals surface area contributed by atoms with E-state index >= 15 is 0 Å². The number of aromatic nitrogens is 1. The molecular formula is C11H11NO2. The maximum atomic E-state index is 9.61. The number of phenolic OH excluding ortho intramolecular Hbond substituents is 1. The molecule has 72 valence electrons. The molecule has 0 aliphatic rings. The zero-order valence-electron chi connectivity index (χ0n) is 8.11. The second-order valence-corrected chi connectivity index (χ2v) is 3.14. The first kappa shape index (κ1) is 8.81. The quantitative estimate of drug-likeness (QED) is 0.750. The average molecular weight is 189 g/mol. The number of benzene rings is 1. The second kappa shape index (κ2) is 3.18. The van der Waals surface area contributed by atoms with Crippen molar-refractivity contribution < 1.29 is 9.63 Å². The van der Waals surface area contributed by atoms with Gasteiger partial charge in [0.15, 0.2) is 5.58 Å². The summed E-state index contributed by atoms with van der Waals surface area (Å²) in [7, 11) is 0. The van der Waals surface area contributed by atoms with Gasteiger partial charge in [-0.25, -0.2) is 0 Å². The lowest BCUT2D eigenvalue weighted by Crippen LogP contribution is -1.76. The third kappa shape index (κ3) is 1.18. The molecule has 0 spiro atoms. The van der Waals surface area contributed by atoms with Gasteiger partial charge in [0, 0.05) is 5.39 Å². The van der Waals surface area contributed by atoms with Crippen LogP contribution in [0.2, 0.25) is 0 Å². The van der Waals surface area contributed by atoms with Gasteiger partial charge in [-0.1, -0.05) is 17.3 Å². The molecule has 0 saturated carbocycles. The van der Waals surface area contributed by atoms with Crippen LogP contribution in [0.25, 0.3) is 17.0 Å². The molecule has 2 aromatic rings. The van der Waals surface area contributed by atoms with Crippen LogP contribution >= 0.6 is 0 Å². The molecule has 0 radical (unpaired) electrons. The summed E-state index contributed by atoms with van der Waals surface area (Å²) in [5.41, 5.74) is 2.16. The van der Waals surface area contributed by atoms with Gasteiger partial charge in [0.05, 0.1) is 11.3 Å². The lowest BCUT2D eigenvalue weighted by Gasteiger charge is -1.98. The van der Waals surface area contributed by atoms with Gasteiger partial charge in [0.1, 0.15) is 5.75 Å². The summed E-state index contributed by atoms with van der Waals surface area (Å²) in [6.45, 7) is 3.77. The van der Waals surface area contributed by atoms with Crippen molar-refractivity contribution in [2.75, 3.05) is 0 Å². The van der Waals surface area contributed by atoms with E-state index in [0.29, 0.717) is 11.1 Å². The summed E-state index contributed by atoms with van der Waals surface area (Å²) in [5, 5.41) is 14.4. The van der Waals surface area contributed by atoms with Crippen molar-refractivity contribution in [1.82, 2.24) is 5.16 Å². The van der Waals surface area contributed by atoms with Gasteiger partial charge in [-0.3, -0.25) is 0 Å². The van der Waals surface area contributed by atoms with E-state index in [0.717, 1.165) is 11.1 Å². The minimum absolute atomic E-state index is 0.215. The monoisotopic (exact) mass is 189 g/mol. The van der Waals surface area contributed by atoms with Crippen molar-refractivity contribution in [3.05, 3.63) is 29.5 Å². The minimum atomic E-state index is 0.215. The van der Waals surface area contributed by atoms with E-state index in [9.17, 15) is 5.11 Å². The molecule has 0 bridgehead atoms. The predicted molar refractivity (Wildman–Crippen MR) is 55.1 cm³/mol. The summed E-state index contributed by atoms with van der Waals surface area (Å²) in [5.74, 6) is 0.215. The summed E-state index contributed by atoms with van der Waals surface area (Å²) in [6.07, 6.45) is 3.66. The van der Waals surface area contributed by atoms with Crippen LogP contribution in [-0.2, 0) is 0 Å². The Bertz CT molecular complexity index is 497. The molecule has 1 heterocycles. The average Bonchev–Trinajstić information content (AvgIpc) is 2.53. The first-order valence-electron chi connectivity index (χ1n) is 4.44. The zero-order valence-corrected chi connectivity index (χ0v) is 8.11. The number of nitrogens with zero attached hydrogens (tertiary/aromatic N) is 1. The van der Waals surface area contributed by atoms with Crippen LogP contribution in [0.4, 0.5) is 0 Å². The molecule has 1 aromatic heterocycles. The molecule has 0 saturated heterocycles. The molecule has 1 N–H and O–H groups in total. The molecule has 3 heteroatoms. The lowest BCUT2D eigenvalue weighted by molar-refractivity contribution is 0.443. The standard InChI is InChI=1S/C11H11NO2/c1-3-4-9-10(13)6-5-8-7(2)12-14-11(8)9/h3-6,13H,1-2H3. The predicted octanol–water partition coefficient (Wildman–Crippen LogP) is 2.87. The SMILES string of the molecule is CC=Cc1c(O)ccc2c(C)noc12. The molecule has 0 aliphatic carbocycles. The Morgan fingerprint density at radius 2 is 2.21 bits per heavy atom. The Balaban J connectivity index is 2.83. The van der Waals surface area contributed by atoms with Gasteiger partial charge in [-0.15, -0.1) is 0 Å². The van der Waals surface area contributed by atoms with Crippen LogP contribution in [0.3, 0.4) is 0 Å². The Kier molecular flexibility index (Phi) is 2.00. The minimum Gasteiger partial charge on any atom is -0.507 e. The maximum absolute atomic E-state index is 9.61. The highest BCUT2D eigenvalue weighted by Crippen LogP contribution is 2.29. The number of phenols is 1. The topological polar surface area (TPSA) is 46.3 Å². The number of rotatable bonds is 1. The Morgan fingerprint density at radius 1 is 1.43 bits per heavy atom. The van der Waals surface area contributed by atoms with Gasteiger partial charge in [-0.2, -0.15) is 0 Å². The van der Waals surface area contributed by atoms with Gasteiger partial charge < -0.3 is 9.63 Å². The highest BCUT2D eigenvalue weighted by molar-refractivity contribution is 5.89. The smallest absolute Gasteiger partial charge is 0.178 e. The number of hydrogen-bond acceptors (Lipinski definition) is 3. The molecule has 0 atom stereocenters. The number of allylic oxidation sites excluding steroid dienone is 1. The van der Waals surface area contributed by atoms with E-state index in [4.69, 9.17) is 4.52 Å². The van der Waals surface area contributed by atoms with Crippen LogP contribution in [0.5, 0.6) is 5.75 Å². The molecular weight excluding hydrogens is 178 g/mol. The fourth-order valence-corrected chi connectivity index (χ4v) is 1.46. The number of aryl methyl sites for hydroxylation is 1. The fourth-order valence-electron chi connectivity index (χ4n) is 1.46. The van der Waals surface area contributed by atoms with E-state index in [1.54, 1.807) is 6.07 Å². The van der Waals surface area contributed by atoms with Crippen LogP contribution in [-0.4, -0.2) is 10.3 Å². The fraction of sp³-hybridized carbons (Fsp3) is 0.182. The van der Waals surface area contributed by atoms with Crippen LogP contribution in [0.1, 0.15) is 18.2 Å². The first-order chi connectivity index (χ1) is 6.74. The molecule has 0 unspecified atom stereocenters. The molecule has 14 heavy (non-hydrogen) atoms. The van der Waals surface area contributed by atoms with Crippen molar-refractivity contribution in [2.24, 2.45) is 0 Å². The zero-order chi connectivity index (χ0) is 10.1. The Morgan fingerprint density at radius 3 is 2.93 bits per heavy atom. The van der Waals surface area contributed by atoms with Crippen molar-refractivity contribution in [3.63, 3.8) is 0 Å². The second-order valence-electron chi connectivity index (χ2n) is 3.14. The van der Waals surface area contributed by atoms with Crippen molar-refractivity contribution in [3.8, 4) is 5.75 Å². The number of hydrogen-bond donors (Lipinski definition) is 1. The van der Waals surface area contributed by atoms with Crippen molar-refractivity contribution >= 4 is 17.0 Å². The molecule has 1 aromatic carbocycles. The highest BCUT2D eigenvalue weighted by Gasteiger charge is 2.10. The van der Waals surface area contributed by atoms with Crippen molar-refractivity contribution in [1.29, 1.82) is 0 Å². The number of fused-ring (bicyclic) bond motifs is 1. The van der Waals surface area contributed by atoms with E-state index in [-0.39, 0.29) is 5.75 Å². The Hall–Kier alpha value is -1.77. The third-order valence-corrected chi connectivity index (χ3v) is 2.17. The lowest BCUT2D eigenvalue weighted by atomic mass is 10.1. The van der Waals surface area contributed by atoms with E-state index in [1.165, 1.54) is 0 Å². The van der Waals surface area contributed by atoms with Gasteiger partial charge in [0.25, 0.3) is 0 Å². The Labute approximate surface area is 81.6 Å². The highest BCUT2D eigenvalue weighted by atomic mass is 16.5. The molecule has 0 fully saturated rings. The summed E-state index contributed by atoms with van der Waals surface area (Å²) in [4.78, 5) is 0. The van der Waals surface area contributed by atoms with E-state index in [2.05, 4.69) is 5.16 Å². The van der Waals surface area contributed by atoms with E-state index in [1.807, 2.05) is 32.1 Å². The molecule has 3 nitrogen and oxygen atoms in total. The van der Waals surface area contributed by atoms with Crippen LogP contribution < -0.4 is 0 Å². The number of aromatic hydroxyl groups is 1. The first-order valence-corrected chi connectivity index (χ1v) is 4.44. The van der Waals surface area contributed by atoms with Gasteiger partial charge in [-0.05, 0) is 26.0 Å². The van der Waals surface area contributed by atoms with E-state index < -0.39 is 0 Å². The third-order valence-electron chi connectivity index (χ3n) is 2.17. The summed E-state index contributed by atoms with van der Waals surface area (Å²) < 4.78 is 5.15. The largest absolute Gasteiger partial charge is 0.507 e.